The van der Waals surface area contributed by atoms with Crippen LogP contribution in [0.2, 0.25) is 0 Å². The summed E-state index contributed by atoms with van der Waals surface area (Å²) in [4.78, 5) is 36.7. The lowest BCUT2D eigenvalue weighted by molar-refractivity contribution is -0.143. The van der Waals surface area contributed by atoms with Crippen LogP contribution in [-0.2, 0) is 20.7 Å². The highest BCUT2D eigenvalue weighted by Gasteiger charge is 2.26. The number of hydrogen-bond acceptors (Lipinski definition) is 8. The quantitative estimate of drug-likeness (QED) is 0.306. The van der Waals surface area contributed by atoms with E-state index in [1.807, 2.05) is 33.8 Å². The summed E-state index contributed by atoms with van der Waals surface area (Å²) in [5.74, 6) is 0.800. The highest BCUT2D eigenvalue weighted by molar-refractivity contribution is 5.86. The number of amides is 1. The average Bonchev–Trinajstić information content (AvgIpc) is 2.82. The van der Waals surface area contributed by atoms with Gasteiger partial charge in [-0.2, -0.15) is 0 Å². The number of ether oxygens (including phenoxy) is 5. The molecule has 0 aromatic heterocycles. The van der Waals surface area contributed by atoms with Crippen molar-refractivity contribution in [3.8, 4) is 28.4 Å². The van der Waals surface area contributed by atoms with Crippen molar-refractivity contribution in [1.82, 2.24) is 5.32 Å². The molecule has 2 aromatic rings. The summed E-state index contributed by atoms with van der Waals surface area (Å²) in [5, 5.41) is 2.59. The maximum atomic E-state index is 12.5. The summed E-state index contributed by atoms with van der Waals surface area (Å²) in [5.41, 5.74) is 1.58. The van der Waals surface area contributed by atoms with E-state index in [-0.39, 0.29) is 18.6 Å². The molecule has 0 saturated carbocycles. The van der Waals surface area contributed by atoms with Gasteiger partial charge in [-0.15, -0.1) is 0 Å². The highest BCUT2D eigenvalue weighted by Crippen LogP contribution is 2.44. The van der Waals surface area contributed by atoms with Crippen molar-refractivity contribution in [3.05, 3.63) is 41.5 Å². The van der Waals surface area contributed by atoms with Gasteiger partial charge in [0.05, 0.1) is 26.4 Å². The Morgan fingerprint density at radius 3 is 2.11 bits per heavy atom. The van der Waals surface area contributed by atoms with E-state index in [4.69, 9.17) is 23.7 Å². The van der Waals surface area contributed by atoms with Gasteiger partial charge < -0.3 is 29.0 Å². The van der Waals surface area contributed by atoms with Gasteiger partial charge in [-0.05, 0) is 78.3 Å². The molecular formula is C29H39NO8. The standard InChI is InChI=1S/C29H39NO8/c1-17(2)36-25-15-20(16-31)13-22(26(25)37-18(3)4)21-12-19(10-11-24(21)34-8)14-23(27(32)35-9)30-28(33)38-29(5,6)7/h10-13,15-18,23H,14H2,1-9H3,(H,30,33)/t23-/m0/s1. The number of methoxy groups -OCH3 is 2. The van der Waals surface area contributed by atoms with Crippen molar-refractivity contribution in [2.24, 2.45) is 0 Å². The maximum Gasteiger partial charge on any atom is 0.408 e. The molecule has 0 aliphatic carbocycles. The van der Waals surface area contributed by atoms with E-state index in [1.165, 1.54) is 14.2 Å². The first-order valence-electron chi connectivity index (χ1n) is 12.5. The molecule has 2 rings (SSSR count). The van der Waals surface area contributed by atoms with Gasteiger partial charge in [-0.1, -0.05) is 6.07 Å². The molecule has 0 spiro atoms. The second-order valence-electron chi connectivity index (χ2n) is 10.3. The van der Waals surface area contributed by atoms with E-state index in [2.05, 4.69) is 5.32 Å². The Morgan fingerprint density at radius 2 is 1.58 bits per heavy atom. The van der Waals surface area contributed by atoms with Crippen molar-refractivity contribution in [3.63, 3.8) is 0 Å². The van der Waals surface area contributed by atoms with Gasteiger partial charge in [0.2, 0.25) is 0 Å². The van der Waals surface area contributed by atoms with E-state index in [9.17, 15) is 14.4 Å². The summed E-state index contributed by atoms with van der Waals surface area (Å²) in [6, 6.07) is 7.71. The molecule has 0 radical (unpaired) electrons. The van der Waals surface area contributed by atoms with Crippen LogP contribution in [0.25, 0.3) is 11.1 Å². The Balaban J connectivity index is 2.62. The van der Waals surface area contributed by atoms with Crippen LogP contribution >= 0.6 is 0 Å². The minimum Gasteiger partial charge on any atom is -0.496 e. The molecule has 0 saturated heterocycles. The first-order chi connectivity index (χ1) is 17.8. The minimum absolute atomic E-state index is 0.117. The molecule has 9 nitrogen and oxygen atoms in total. The first-order valence-corrected chi connectivity index (χ1v) is 12.5. The highest BCUT2D eigenvalue weighted by atomic mass is 16.6. The minimum atomic E-state index is -0.997. The topological polar surface area (TPSA) is 109 Å². The van der Waals surface area contributed by atoms with Crippen molar-refractivity contribution < 1.29 is 38.1 Å². The Bertz CT molecular complexity index is 1130. The van der Waals surface area contributed by atoms with Crippen molar-refractivity contribution >= 4 is 18.3 Å². The number of carbonyl (C=O) groups is 3. The lowest BCUT2D eigenvalue weighted by Gasteiger charge is -2.23. The molecule has 0 aliphatic heterocycles. The molecule has 1 atom stereocenters. The van der Waals surface area contributed by atoms with E-state index < -0.39 is 23.7 Å². The largest absolute Gasteiger partial charge is 0.496 e. The zero-order valence-corrected chi connectivity index (χ0v) is 23.7. The van der Waals surface area contributed by atoms with Crippen LogP contribution in [0.1, 0.15) is 64.4 Å². The predicted molar refractivity (Wildman–Crippen MR) is 144 cm³/mol. The van der Waals surface area contributed by atoms with Crippen LogP contribution in [0, 0.1) is 0 Å². The molecule has 1 amide bonds. The fraction of sp³-hybridized carbons (Fsp3) is 0.483. The van der Waals surface area contributed by atoms with Crippen molar-refractivity contribution in [1.29, 1.82) is 0 Å². The number of carbonyl (C=O) groups excluding carboxylic acids is 3. The summed E-state index contributed by atoms with van der Waals surface area (Å²) in [7, 11) is 2.79. The number of rotatable bonds is 11. The molecule has 0 fully saturated rings. The number of esters is 1. The molecule has 2 aromatic carbocycles. The number of alkyl carbamates (subject to hydrolysis) is 1. The van der Waals surface area contributed by atoms with Gasteiger partial charge in [0.25, 0.3) is 0 Å². The van der Waals surface area contributed by atoms with Crippen LogP contribution in [0.5, 0.6) is 17.2 Å². The van der Waals surface area contributed by atoms with Gasteiger partial charge in [0.15, 0.2) is 11.5 Å². The van der Waals surface area contributed by atoms with Crippen molar-refractivity contribution in [2.75, 3.05) is 14.2 Å². The van der Waals surface area contributed by atoms with Crippen LogP contribution in [0.15, 0.2) is 30.3 Å². The number of benzene rings is 2. The number of aldehydes is 1. The molecule has 0 aliphatic rings. The Kier molecular flexibility index (Phi) is 10.6. The molecule has 1 N–H and O–H groups in total. The third-order valence-corrected chi connectivity index (χ3v) is 5.10. The average molecular weight is 530 g/mol. The zero-order valence-electron chi connectivity index (χ0n) is 23.7. The third kappa shape index (κ3) is 8.68. The van der Waals surface area contributed by atoms with Crippen LogP contribution in [-0.4, -0.2) is 56.4 Å². The molecule has 0 heterocycles. The lowest BCUT2D eigenvalue weighted by Crippen LogP contribution is -2.45. The summed E-state index contributed by atoms with van der Waals surface area (Å²) in [6.07, 6.45) is -0.215. The molecule has 208 valence electrons. The SMILES string of the molecule is COC(=O)[C@H](Cc1ccc(OC)c(-c2cc(C=O)cc(OC(C)C)c2OC(C)C)c1)NC(=O)OC(C)(C)C. The normalized spacial score (nSPS) is 12.1. The van der Waals surface area contributed by atoms with Gasteiger partial charge in [0, 0.05) is 23.1 Å². The van der Waals surface area contributed by atoms with Gasteiger partial charge in [-0.3, -0.25) is 4.79 Å². The van der Waals surface area contributed by atoms with Crippen LogP contribution in [0.3, 0.4) is 0 Å². The fourth-order valence-corrected chi connectivity index (χ4v) is 3.70. The Hall–Kier alpha value is -3.75. The number of hydrogen-bond donors (Lipinski definition) is 1. The monoisotopic (exact) mass is 529 g/mol. The second kappa shape index (κ2) is 13.2. The van der Waals surface area contributed by atoms with Crippen LogP contribution in [0.4, 0.5) is 4.79 Å². The van der Waals surface area contributed by atoms with Crippen LogP contribution < -0.4 is 19.5 Å². The molecule has 38 heavy (non-hydrogen) atoms. The van der Waals surface area contributed by atoms with Gasteiger partial charge in [0.1, 0.15) is 23.7 Å². The molecule has 0 bridgehead atoms. The van der Waals surface area contributed by atoms with E-state index in [1.54, 1.807) is 45.0 Å². The Morgan fingerprint density at radius 1 is 0.921 bits per heavy atom. The maximum absolute atomic E-state index is 12.5. The summed E-state index contributed by atoms with van der Waals surface area (Å²) in [6.45, 7) is 12.8. The summed E-state index contributed by atoms with van der Waals surface area (Å²) < 4.78 is 28.0. The zero-order chi connectivity index (χ0) is 28.6. The second-order valence-corrected chi connectivity index (χ2v) is 10.3. The first kappa shape index (κ1) is 30.5. The third-order valence-electron chi connectivity index (χ3n) is 5.10. The van der Waals surface area contributed by atoms with Gasteiger partial charge in [-0.25, -0.2) is 9.59 Å². The van der Waals surface area contributed by atoms with Gasteiger partial charge >= 0.3 is 12.1 Å². The van der Waals surface area contributed by atoms with E-state index >= 15 is 0 Å². The predicted octanol–water partition coefficient (Wildman–Crippen LogP) is 5.36. The smallest absolute Gasteiger partial charge is 0.408 e. The fourth-order valence-electron chi connectivity index (χ4n) is 3.70. The molecular weight excluding hydrogens is 490 g/mol. The van der Waals surface area contributed by atoms with E-state index in [0.717, 1.165) is 6.29 Å². The van der Waals surface area contributed by atoms with Crippen molar-refractivity contribution in [2.45, 2.75) is 78.7 Å². The molecule has 0 unspecified atom stereocenters. The number of nitrogens with one attached hydrogen (secondary N) is 1. The lowest BCUT2D eigenvalue weighted by atomic mass is 9.96. The Labute approximate surface area is 224 Å². The summed E-state index contributed by atoms with van der Waals surface area (Å²) >= 11 is 0. The molecule has 9 heteroatoms. The van der Waals surface area contributed by atoms with E-state index in [0.29, 0.717) is 39.5 Å².